The molecule has 2 aromatic rings. The summed E-state index contributed by atoms with van der Waals surface area (Å²) in [6.07, 6.45) is 3.87. The van der Waals surface area contributed by atoms with E-state index in [1.165, 1.54) is 0 Å². The third-order valence-corrected chi connectivity index (χ3v) is 3.40. The third kappa shape index (κ3) is 4.06. The molecule has 4 N–H and O–H groups in total. The number of hydrogen-bond donors (Lipinski definition) is 3. The molecule has 0 spiro atoms. The van der Waals surface area contributed by atoms with Gasteiger partial charge in [-0.15, -0.1) is 0 Å². The lowest BCUT2D eigenvalue weighted by atomic mass is 10.1. The predicted molar refractivity (Wildman–Crippen MR) is 82.8 cm³/mol. The lowest BCUT2D eigenvalue weighted by molar-refractivity contribution is 0.259. The molecular formula is C15H21N5O. The van der Waals surface area contributed by atoms with E-state index in [9.17, 15) is 4.79 Å². The molecule has 6 heteroatoms. The van der Waals surface area contributed by atoms with E-state index in [2.05, 4.69) is 29.6 Å². The van der Waals surface area contributed by atoms with E-state index in [-0.39, 0.29) is 12.1 Å². The molecule has 1 heterocycles. The predicted octanol–water partition coefficient (Wildman–Crippen LogP) is 2.32. The Balaban J connectivity index is 1.99. The van der Waals surface area contributed by atoms with Crippen LogP contribution >= 0.6 is 0 Å². The summed E-state index contributed by atoms with van der Waals surface area (Å²) in [5.41, 5.74) is 8.07. The Morgan fingerprint density at radius 1 is 1.19 bits per heavy atom. The number of rotatable bonds is 5. The first-order chi connectivity index (χ1) is 9.95. The number of carbonyl (C=O) groups excluding carboxylic acids is 1. The number of aryl methyl sites for hydroxylation is 1. The number of carbonyl (C=O) groups is 1. The molecule has 0 bridgehead atoms. The molecule has 2 rings (SSSR count). The highest BCUT2D eigenvalue weighted by molar-refractivity contribution is 5.87. The number of anilines is 1. The van der Waals surface area contributed by atoms with Crippen molar-refractivity contribution in [1.29, 1.82) is 0 Å². The fraction of sp³-hybridized carbons (Fsp3) is 0.333. The van der Waals surface area contributed by atoms with Crippen molar-refractivity contribution < 1.29 is 4.79 Å². The van der Waals surface area contributed by atoms with Gasteiger partial charge in [-0.3, -0.25) is 4.68 Å². The summed E-state index contributed by atoms with van der Waals surface area (Å²) in [5.74, 6) is 0. The van der Waals surface area contributed by atoms with Crippen LogP contribution in [0.4, 0.5) is 10.5 Å². The molecule has 2 unspecified atom stereocenters. The third-order valence-electron chi connectivity index (χ3n) is 3.40. The molecule has 1 aromatic carbocycles. The van der Waals surface area contributed by atoms with Gasteiger partial charge in [0.25, 0.3) is 0 Å². The maximum Gasteiger partial charge on any atom is 0.316 e. The van der Waals surface area contributed by atoms with E-state index in [4.69, 9.17) is 5.73 Å². The average molecular weight is 287 g/mol. The Hall–Kier alpha value is -2.34. The number of urea groups is 1. The Morgan fingerprint density at radius 3 is 2.33 bits per heavy atom. The maximum absolute atomic E-state index is 10.8. The second kappa shape index (κ2) is 6.41. The zero-order chi connectivity index (χ0) is 15.4. The number of amides is 2. The van der Waals surface area contributed by atoms with Gasteiger partial charge in [0.15, 0.2) is 0 Å². The van der Waals surface area contributed by atoms with Crippen LogP contribution in [-0.2, 0) is 7.05 Å². The topological polar surface area (TPSA) is 85.0 Å². The number of benzene rings is 1. The second-order valence-corrected chi connectivity index (χ2v) is 5.17. The highest BCUT2D eigenvalue weighted by Gasteiger charge is 2.12. The van der Waals surface area contributed by atoms with E-state index in [1.807, 2.05) is 43.7 Å². The van der Waals surface area contributed by atoms with Gasteiger partial charge in [0, 0.05) is 36.6 Å². The number of nitrogens with zero attached hydrogens (tertiary/aromatic N) is 2. The van der Waals surface area contributed by atoms with Crippen molar-refractivity contribution in [2.24, 2.45) is 12.8 Å². The number of nitrogens with one attached hydrogen (secondary N) is 2. The normalized spacial score (nSPS) is 13.7. The van der Waals surface area contributed by atoms with Crippen LogP contribution in [0.5, 0.6) is 0 Å². The summed E-state index contributed by atoms with van der Waals surface area (Å²) in [7, 11) is 1.91. The van der Waals surface area contributed by atoms with E-state index in [0.717, 1.165) is 11.1 Å². The fourth-order valence-electron chi connectivity index (χ4n) is 2.23. The van der Waals surface area contributed by atoms with Gasteiger partial charge in [0.05, 0.1) is 6.20 Å². The smallest absolute Gasteiger partial charge is 0.316 e. The van der Waals surface area contributed by atoms with E-state index >= 15 is 0 Å². The van der Waals surface area contributed by atoms with Gasteiger partial charge < -0.3 is 16.4 Å². The van der Waals surface area contributed by atoms with Crippen LogP contribution in [0, 0.1) is 0 Å². The maximum atomic E-state index is 10.8. The van der Waals surface area contributed by atoms with Crippen molar-refractivity contribution in [2.45, 2.75) is 25.9 Å². The first-order valence-electron chi connectivity index (χ1n) is 6.86. The van der Waals surface area contributed by atoms with Crippen molar-refractivity contribution in [3.05, 3.63) is 47.8 Å². The van der Waals surface area contributed by atoms with E-state index in [0.29, 0.717) is 5.69 Å². The highest BCUT2D eigenvalue weighted by Crippen LogP contribution is 2.20. The first-order valence-corrected chi connectivity index (χ1v) is 6.86. The molecule has 0 aliphatic rings. The molecule has 2 amide bonds. The molecule has 6 nitrogen and oxygen atoms in total. The molecule has 21 heavy (non-hydrogen) atoms. The minimum Gasteiger partial charge on any atom is -0.351 e. The molecule has 0 aliphatic heterocycles. The molecule has 1 aromatic heterocycles. The van der Waals surface area contributed by atoms with Gasteiger partial charge in [-0.05, 0) is 31.5 Å². The van der Waals surface area contributed by atoms with Crippen LogP contribution in [0.2, 0.25) is 0 Å². The summed E-state index contributed by atoms with van der Waals surface area (Å²) in [5, 5.41) is 10.2. The lowest BCUT2D eigenvalue weighted by Crippen LogP contribution is -2.22. The first kappa shape index (κ1) is 15.1. The molecule has 0 radical (unpaired) electrons. The van der Waals surface area contributed by atoms with Crippen molar-refractivity contribution >= 4 is 11.7 Å². The Bertz CT molecular complexity index is 605. The van der Waals surface area contributed by atoms with Gasteiger partial charge in [0.1, 0.15) is 0 Å². The SMILES string of the molecule is CC(NC(C)c1cnn(C)c1)c1ccc(NC(N)=O)cc1. The van der Waals surface area contributed by atoms with Crippen molar-refractivity contribution in [2.75, 3.05) is 5.32 Å². The van der Waals surface area contributed by atoms with E-state index in [1.54, 1.807) is 4.68 Å². The minimum atomic E-state index is -0.556. The fourth-order valence-corrected chi connectivity index (χ4v) is 2.23. The monoisotopic (exact) mass is 287 g/mol. The standard InChI is InChI=1S/C15H21N5O/c1-10(18-11(2)13-8-17-20(3)9-13)12-4-6-14(7-5-12)19-15(16)21/h4-11,18H,1-3H3,(H3,16,19,21). The van der Waals surface area contributed by atoms with Crippen LogP contribution in [0.3, 0.4) is 0 Å². The van der Waals surface area contributed by atoms with Crippen molar-refractivity contribution in [1.82, 2.24) is 15.1 Å². The summed E-state index contributed by atoms with van der Waals surface area (Å²) >= 11 is 0. The highest BCUT2D eigenvalue weighted by atomic mass is 16.2. The van der Waals surface area contributed by atoms with Gasteiger partial charge >= 0.3 is 6.03 Å². The van der Waals surface area contributed by atoms with Crippen LogP contribution in [-0.4, -0.2) is 15.8 Å². The van der Waals surface area contributed by atoms with Gasteiger partial charge in [-0.25, -0.2) is 4.79 Å². The molecule has 112 valence electrons. The molecule has 2 atom stereocenters. The minimum absolute atomic E-state index is 0.183. The van der Waals surface area contributed by atoms with Gasteiger partial charge in [-0.2, -0.15) is 5.10 Å². The van der Waals surface area contributed by atoms with E-state index < -0.39 is 6.03 Å². The van der Waals surface area contributed by atoms with Crippen LogP contribution < -0.4 is 16.4 Å². The molecule has 0 saturated carbocycles. The summed E-state index contributed by atoms with van der Waals surface area (Å²) in [6.45, 7) is 4.21. The number of hydrogen-bond acceptors (Lipinski definition) is 3. The van der Waals surface area contributed by atoms with Crippen molar-refractivity contribution in [3.63, 3.8) is 0 Å². The number of primary amides is 1. The number of aromatic nitrogens is 2. The molecule has 0 saturated heterocycles. The summed E-state index contributed by atoms with van der Waals surface area (Å²) < 4.78 is 1.79. The van der Waals surface area contributed by atoms with Crippen LogP contribution in [0.15, 0.2) is 36.7 Å². The quantitative estimate of drug-likeness (QED) is 0.789. The molecule has 0 aliphatic carbocycles. The lowest BCUT2D eigenvalue weighted by Gasteiger charge is -2.19. The van der Waals surface area contributed by atoms with Crippen LogP contribution in [0.25, 0.3) is 0 Å². The second-order valence-electron chi connectivity index (χ2n) is 5.17. The zero-order valence-electron chi connectivity index (χ0n) is 12.5. The molecule has 0 fully saturated rings. The Labute approximate surface area is 124 Å². The Morgan fingerprint density at radius 2 is 1.81 bits per heavy atom. The largest absolute Gasteiger partial charge is 0.351 e. The summed E-state index contributed by atoms with van der Waals surface area (Å²) in [6, 6.07) is 7.46. The summed E-state index contributed by atoms with van der Waals surface area (Å²) in [4.78, 5) is 10.8. The van der Waals surface area contributed by atoms with Gasteiger partial charge in [0.2, 0.25) is 0 Å². The van der Waals surface area contributed by atoms with Crippen LogP contribution in [0.1, 0.15) is 37.1 Å². The average Bonchev–Trinajstić information content (AvgIpc) is 2.85. The molecular weight excluding hydrogens is 266 g/mol. The van der Waals surface area contributed by atoms with Gasteiger partial charge in [-0.1, -0.05) is 12.1 Å². The zero-order valence-corrected chi connectivity index (χ0v) is 12.5. The Kier molecular flexibility index (Phi) is 4.59. The number of nitrogens with two attached hydrogens (primary N) is 1. The van der Waals surface area contributed by atoms with Crippen molar-refractivity contribution in [3.8, 4) is 0 Å².